The van der Waals surface area contributed by atoms with Gasteiger partial charge in [0.25, 0.3) is 11.9 Å². The van der Waals surface area contributed by atoms with Crippen LogP contribution in [-0.4, -0.2) is 36.6 Å². The summed E-state index contributed by atoms with van der Waals surface area (Å²) in [6, 6.07) is 10.9. The molecular formula is C18H10Br2N8O2. The summed E-state index contributed by atoms with van der Waals surface area (Å²) < 4.78 is 2.89. The first-order valence-corrected chi connectivity index (χ1v) is 10.1. The number of fused-ring (bicyclic) bond motifs is 2. The van der Waals surface area contributed by atoms with Gasteiger partial charge in [-0.05, 0) is 36.4 Å². The van der Waals surface area contributed by atoms with E-state index in [1.165, 1.54) is 11.0 Å². The lowest BCUT2D eigenvalue weighted by Gasteiger charge is -1.99. The van der Waals surface area contributed by atoms with Gasteiger partial charge < -0.3 is 15.4 Å². The zero-order valence-electron chi connectivity index (χ0n) is 14.8. The third-order valence-corrected chi connectivity index (χ3v) is 5.36. The molecule has 3 heterocycles. The van der Waals surface area contributed by atoms with Crippen molar-refractivity contribution in [3.05, 3.63) is 57.2 Å². The zero-order chi connectivity index (χ0) is 20.8. The summed E-state index contributed by atoms with van der Waals surface area (Å²) >= 11 is 6.79. The van der Waals surface area contributed by atoms with E-state index in [0.29, 0.717) is 22.2 Å². The predicted molar refractivity (Wildman–Crippen MR) is 117 cm³/mol. The number of amides is 1. The molecule has 1 amide bonds. The van der Waals surface area contributed by atoms with Gasteiger partial charge in [0.05, 0.1) is 11.2 Å². The average molecular weight is 530 g/mol. The number of nitrogens with zero attached hydrogens (tertiary/aromatic N) is 6. The molecule has 2 aromatic carbocycles. The average Bonchev–Trinajstić information content (AvgIpc) is 3.37. The molecular weight excluding hydrogens is 520 g/mol. The molecule has 4 aromatic rings. The minimum Gasteiger partial charge on any atom is -0.493 e. The number of anilines is 1. The molecule has 2 aromatic heterocycles. The number of hydrogen-bond acceptors (Lipinski definition) is 7. The number of H-pyrrole nitrogens is 1. The number of nitrogens with one attached hydrogen (secondary N) is 2. The van der Waals surface area contributed by atoms with Crippen molar-refractivity contribution in [2.75, 3.05) is 5.32 Å². The molecule has 10 nitrogen and oxygen atoms in total. The van der Waals surface area contributed by atoms with Gasteiger partial charge in [-0.1, -0.05) is 31.9 Å². The van der Waals surface area contributed by atoms with Gasteiger partial charge in [-0.25, -0.2) is 0 Å². The fourth-order valence-electron chi connectivity index (χ4n) is 3.02. The van der Waals surface area contributed by atoms with E-state index >= 15 is 0 Å². The summed E-state index contributed by atoms with van der Waals surface area (Å²) in [5, 5.41) is 33.8. The maximum Gasteiger partial charge on any atom is 0.290 e. The third-order valence-electron chi connectivity index (χ3n) is 4.37. The number of carbonyl (C=O) groups is 1. The highest BCUT2D eigenvalue weighted by Gasteiger charge is 2.27. The number of azo groups is 1. The Morgan fingerprint density at radius 1 is 1.07 bits per heavy atom. The molecule has 1 aliphatic rings. The highest BCUT2D eigenvalue weighted by atomic mass is 79.9. The minimum atomic E-state index is -0.348. The van der Waals surface area contributed by atoms with Gasteiger partial charge in [0.2, 0.25) is 5.88 Å². The Kier molecular flexibility index (Phi) is 4.44. The van der Waals surface area contributed by atoms with E-state index in [9.17, 15) is 9.90 Å². The van der Waals surface area contributed by atoms with E-state index in [4.69, 9.17) is 0 Å². The largest absolute Gasteiger partial charge is 0.493 e. The Labute approximate surface area is 185 Å². The van der Waals surface area contributed by atoms with Crippen LogP contribution in [0.3, 0.4) is 0 Å². The van der Waals surface area contributed by atoms with Crippen molar-refractivity contribution >= 4 is 71.7 Å². The first kappa shape index (κ1) is 18.6. The van der Waals surface area contributed by atoms with Crippen LogP contribution < -0.4 is 5.32 Å². The minimum absolute atomic E-state index is 0.0440. The molecule has 0 atom stereocenters. The van der Waals surface area contributed by atoms with Crippen LogP contribution in [-0.2, 0) is 4.79 Å². The third kappa shape index (κ3) is 3.19. The van der Waals surface area contributed by atoms with Crippen molar-refractivity contribution in [1.82, 2.24) is 19.9 Å². The van der Waals surface area contributed by atoms with Crippen molar-refractivity contribution in [3.63, 3.8) is 0 Å². The topological polar surface area (TPSA) is 133 Å². The lowest BCUT2D eigenvalue weighted by Crippen LogP contribution is -2.15. The number of halogens is 2. The van der Waals surface area contributed by atoms with Gasteiger partial charge in [-0.2, -0.15) is 9.78 Å². The first-order chi connectivity index (χ1) is 14.5. The zero-order valence-corrected chi connectivity index (χ0v) is 18.0. The second kappa shape index (κ2) is 7.15. The number of aromatic nitrogens is 4. The van der Waals surface area contributed by atoms with Crippen LogP contribution in [0.25, 0.3) is 10.9 Å². The van der Waals surface area contributed by atoms with Gasteiger partial charge in [0.15, 0.2) is 11.4 Å². The fraction of sp³-hybridized carbons (Fsp3) is 0. The van der Waals surface area contributed by atoms with E-state index in [-0.39, 0.29) is 29.1 Å². The van der Waals surface area contributed by atoms with Crippen molar-refractivity contribution in [1.29, 1.82) is 0 Å². The highest BCUT2D eigenvalue weighted by Crippen LogP contribution is 2.37. The van der Waals surface area contributed by atoms with Crippen molar-refractivity contribution in [3.8, 4) is 5.88 Å². The Bertz CT molecular complexity index is 1390. The van der Waals surface area contributed by atoms with Gasteiger partial charge in [-0.15, -0.1) is 20.4 Å². The second-order valence-corrected chi connectivity index (χ2v) is 8.11. The van der Waals surface area contributed by atoms with E-state index < -0.39 is 0 Å². The summed E-state index contributed by atoms with van der Waals surface area (Å²) in [6.45, 7) is 0. The van der Waals surface area contributed by atoms with Crippen LogP contribution in [0, 0.1) is 0 Å². The molecule has 12 heteroatoms. The molecule has 0 spiro atoms. The SMILES string of the molecule is O=C1Nc2ccc(Br)cc2C1=Nn1cnnc1N=Nc1c(O)[nH]c2ccc(Br)cc12. The van der Waals surface area contributed by atoms with Crippen molar-refractivity contribution < 1.29 is 9.90 Å². The van der Waals surface area contributed by atoms with Gasteiger partial charge >= 0.3 is 0 Å². The smallest absolute Gasteiger partial charge is 0.290 e. The second-order valence-electron chi connectivity index (χ2n) is 6.28. The monoisotopic (exact) mass is 528 g/mol. The van der Waals surface area contributed by atoms with Crippen molar-refractivity contribution in [2.24, 2.45) is 15.3 Å². The molecule has 0 bridgehead atoms. The Morgan fingerprint density at radius 3 is 2.73 bits per heavy atom. The number of aromatic amines is 1. The van der Waals surface area contributed by atoms with Gasteiger partial charge in [-0.3, -0.25) is 4.79 Å². The van der Waals surface area contributed by atoms with Gasteiger partial charge in [0.1, 0.15) is 6.33 Å². The lowest BCUT2D eigenvalue weighted by atomic mass is 10.1. The van der Waals surface area contributed by atoms with Crippen LogP contribution in [0.5, 0.6) is 5.88 Å². The summed E-state index contributed by atoms with van der Waals surface area (Å²) in [5.41, 5.74) is 2.46. The van der Waals surface area contributed by atoms with Crippen LogP contribution in [0.15, 0.2) is 67.0 Å². The Balaban J connectivity index is 1.54. The number of hydrogen-bond donors (Lipinski definition) is 3. The summed E-state index contributed by atoms with van der Waals surface area (Å²) in [7, 11) is 0. The van der Waals surface area contributed by atoms with Gasteiger partial charge in [0, 0.05) is 19.9 Å². The van der Waals surface area contributed by atoms with Crippen LogP contribution in [0.4, 0.5) is 17.3 Å². The molecule has 0 aliphatic carbocycles. The maximum atomic E-state index is 12.3. The molecule has 0 unspecified atom stereocenters. The first-order valence-electron chi connectivity index (χ1n) is 8.52. The standard InChI is InChI=1S/C18H10Br2N8O2/c19-8-1-3-12-10(5-8)14(16(29)22-12)24-26-18-25-21-7-28(18)27-15-11-6-9(20)2-4-13(11)23-17(15)30/h1-7,22,29H,(H,23,27,30). The number of rotatable bonds is 3. The van der Waals surface area contributed by atoms with Crippen LogP contribution >= 0.6 is 31.9 Å². The Morgan fingerprint density at radius 2 is 1.87 bits per heavy atom. The number of carbonyl (C=O) groups excluding carboxylic acids is 1. The molecule has 0 radical (unpaired) electrons. The van der Waals surface area contributed by atoms with E-state index in [1.807, 2.05) is 18.2 Å². The molecule has 3 N–H and O–H groups in total. The van der Waals surface area contributed by atoms with Crippen molar-refractivity contribution in [2.45, 2.75) is 0 Å². The van der Waals surface area contributed by atoms with E-state index in [0.717, 1.165) is 8.95 Å². The molecule has 0 fully saturated rings. The summed E-state index contributed by atoms with van der Waals surface area (Å²) in [6.07, 6.45) is 1.32. The van der Waals surface area contributed by atoms with E-state index in [1.54, 1.807) is 18.2 Å². The summed E-state index contributed by atoms with van der Waals surface area (Å²) in [4.78, 5) is 15.2. The lowest BCUT2D eigenvalue weighted by molar-refractivity contribution is -0.110. The summed E-state index contributed by atoms with van der Waals surface area (Å²) in [5.74, 6) is -0.431. The Hall–Kier alpha value is -3.38. The van der Waals surface area contributed by atoms with Crippen LogP contribution in [0.1, 0.15) is 5.56 Å². The maximum absolute atomic E-state index is 12.3. The highest BCUT2D eigenvalue weighted by molar-refractivity contribution is 9.10. The van der Waals surface area contributed by atoms with Crippen LogP contribution in [0.2, 0.25) is 0 Å². The predicted octanol–water partition coefficient (Wildman–Crippen LogP) is 4.61. The fourth-order valence-corrected chi connectivity index (χ4v) is 3.75. The molecule has 148 valence electrons. The normalized spacial score (nSPS) is 14.7. The molecule has 0 saturated heterocycles. The molecule has 30 heavy (non-hydrogen) atoms. The molecule has 0 saturated carbocycles. The number of benzene rings is 2. The molecule has 5 rings (SSSR count). The molecule has 1 aliphatic heterocycles. The van der Waals surface area contributed by atoms with E-state index in [2.05, 4.69) is 67.7 Å². The number of aromatic hydroxyl groups is 1. The quantitative estimate of drug-likeness (QED) is 0.334.